The van der Waals surface area contributed by atoms with Gasteiger partial charge in [0.05, 0.1) is 15.6 Å². The van der Waals surface area contributed by atoms with Crippen LogP contribution in [0.3, 0.4) is 0 Å². The standard InChI is InChI=1S/C23H16Cl4N2O4S/c24-14-8-28-9-15(25)13(14)7-18(30)12-1-2-19(31-21-16(26)10-29-11-17(21)27)22-20(12)32-23(33-22)3-5-34-6-4-23/h1-2,8-11H,3-7H2. The molecule has 5 rings (SSSR count). The van der Waals surface area contributed by atoms with Gasteiger partial charge in [0.2, 0.25) is 5.75 Å². The van der Waals surface area contributed by atoms with E-state index in [1.807, 2.05) is 11.8 Å². The van der Waals surface area contributed by atoms with Gasteiger partial charge in [-0.05, 0) is 12.1 Å². The Hall–Kier alpha value is -1.90. The smallest absolute Gasteiger partial charge is 0.253 e. The Balaban J connectivity index is 1.54. The summed E-state index contributed by atoms with van der Waals surface area (Å²) in [5, 5.41) is 1.12. The van der Waals surface area contributed by atoms with Gasteiger partial charge in [0.15, 0.2) is 23.0 Å². The Morgan fingerprint density at radius 2 is 1.50 bits per heavy atom. The quantitative estimate of drug-likeness (QED) is 0.305. The minimum Gasteiger partial charge on any atom is -0.450 e. The summed E-state index contributed by atoms with van der Waals surface area (Å²) in [6, 6.07) is 3.26. The van der Waals surface area contributed by atoms with Crippen LogP contribution < -0.4 is 14.2 Å². The zero-order valence-electron chi connectivity index (χ0n) is 17.4. The highest BCUT2D eigenvalue weighted by Crippen LogP contribution is 2.53. The van der Waals surface area contributed by atoms with Gasteiger partial charge in [-0.15, -0.1) is 0 Å². The Morgan fingerprint density at radius 1 is 0.912 bits per heavy atom. The third-order valence-corrected chi connectivity index (χ3v) is 7.69. The topological polar surface area (TPSA) is 70.5 Å². The summed E-state index contributed by atoms with van der Waals surface area (Å²) in [7, 11) is 0. The van der Waals surface area contributed by atoms with Crippen molar-refractivity contribution < 1.29 is 19.0 Å². The first kappa shape index (κ1) is 23.8. The van der Waals surface area contributed by atoms with E-state index in [4.69, 9.17) is 60.6 Å². The number of thioether (sulfide) groups is 1. The maximum atomic E-state index is 13.4. The second-order valence-electron chi connectivity index (χ2n) is 7.71. The van der Waals surface area contributed by atoms with Gasteiger partial charge in [-0.1, -0.05) is 46.4 Å². The largest absolute Gasteiger partial charge is 0.450 e. The number of fused-ring (bicyclic) bond motifs is 1. The fourth-order valence-corrected chi connectivity index (χ4v) is 5.85. The molecule has 34 heavy (non-hydrogen) atoms. The lowest BCUT2D eigenvalue weighted by atomic mass is 10.0. The maximum absolute atomic E-state index is 13.4. The molecule has 0 unspecified atom stereocenters. The zero-order valence-corrected chi connectivity index (χ0v) is 21.3. The van der Waals surface area contributed by atoms with Gasteiger partial charge >= 0.3 is 0 Å². The Morgan fingerprint density at radius 3 is 2.15 bits per heavy atom. The summed E-state index contributed by atoms with van der Waals surface area (Å²) in [6.45, 7) is 0. The molecule has 176 valence electrons. The van der Waals surface area contributed by atoms with Crippen LogP contribution in [0.5, 0.6) is 23.0 Å². The van der Waals surface area contributed by atoms with Gasteiger partial charge in [0.1, 0.15) is 10.0 Å². The molecular weight excluding hydrogens is 542 g/mol. The van der Waals surface area contributed by atoms with E-state index in [2.05, 4.69) is 9.97 Å². The molecule has 1 aromatic carbocycles. The van der Waals surface area contributed by atoms with E-state index in [-0.39, 0.29) is 28.0 Å². The number of carbonyl (C=O) groups is 1. The normalized spacial score (nSPS) is 16.0. The number of pyridine rings is 2. The number of nitrogens with zero attached hydrogens (tertiary/aromatic N) is 2. The van der Waals surface area contributed by atoms with Crippen molar-refractivity contribution in [1.82, 2.24) is 9.97 Å². The molecule has 0 bridgehead atoms. The molecule has 4 heterocycles. The number of hydrogen-bond acceptors (Lipinski definition) is 7. The summed E-state index contributed by atoms with van der Waals surface area (Å²) >= 11 is 26.8. The predicted molar refractivity (Wildman–Crippen MR) is 134 cm³/mol. The van der Waals surface area contributed by atoms with E-state index in [9.17, 15) is 4.79 Å². The van der Waals surface area contributed by atoms with Gasteiger partial charge in [-0.2, -0.15) is 11.8 Å². The molecule has 1 saturated heterocycles. The van der Waals surface area contributed by atoms with Crippen LogP contribution >= 0.6 is 58.2 Å². The Bertz CT molecular complexity index is 1240. The van der Waals surface area contributed by atoms with Gasteiger partial charge in [-0.25, -0.2) is 0 Å². The van der Waals surface area contributed by atoms with Crippen LogP contribution in [0, 0.1) is 0 Å². The number of carbonyl (C=O) groups excluding carboxylic acids is 1. The average Bonchev–Trinajstić information content (AvgIpc) is 3.17. The summed E-state index contributed by atoms with van der Waals surface area (Å²) < 4.78 is 18.7. The molecule has 2 aliphatic rings. The molecule has 1 spiro atoms. The van der Waals surface area contributed by atoms with E-state index < -0.39 is 5.79 Å². The third kappa shape index (κ3) is 4.52. The summed E-state index contributed by atoms with van der Waals surface area (Å²) in [5.74, 6) is 1.86. The molecule has 0 amide bonds. The van der Waals surface area contributed by atoms with Crippen molar-refractivity contribution in [3.63, 3.8) is 0 Å². The lowest BCUT2D eigenvalue weighted by molar-refractivity contribution is -0.0851. The molecule has 6 nitrogen and oxygen atoms in total. The minimum absolute atomic E-state index is 0.0267. The Kier molecular flexibility index (Phi) is 6.75. The monoisotopic (exact) mass is 556 g/mol. The molecular formula is C23H16Cl4N2O4S. The van der Waals surface area contributed by atoms with Crippen molar-refractivity contribution in [3.05, 3.63) is 68.1 Å². The number of benzene rings is 1. The maximum Gasteiger partial charge on any atom is 0.253 e. The van der Waals surface area contributed by atoms with Crippen molar-refractivity contribution >= 4 is 63.9 Å². The number of ketones is 1. The summed E-state index contributed by atoms with van der Waals surface area (Å²) in [4.78, 5) is 21.2. The first-order chi connectivity index (χ1) is 16.4. The summed E-state index contributed by atoms with van der Waals surface area (Å²) in [5.41, 5.74) is 0.837. The molecule has 0 aliphatic carbocycles. The summed E-state index contributed by atoms with van der Waals surface area (Å²) in [6.07, 6.45) is 7.07. The van der Waals surface area contributed by atoms with Crippen LogP contribution in [-0.2, 0) is 6.42 Å². The van der Waals surface area contributed by atoms with E-state index in [1.54, 1.807) is 12.1 Å². The molecule has 0 radical (unpaired) electrons. The van der Waals surface area contributed by atoms with Crippen LogP contribution in [-0.4, -0.2) is 33.0 Å². The lowest BCUT2D eigenvalue weighted by Crippen LogP contribution is -2.42. The molecule has 2 aromatic heterocycles. The molecule has 0 atom stereocenters. The average molecular weight is 558 g/mol. The Labute approximate surface area is 219 Å². The number of aromatic nitrogens is 2. The molecule has 0 saturated carbocycles. The third-order valence-electron chi connectivity index (χ3n) is 5.52. The highest BCUT2D eigenvalue weighted by molar-refractivity contribution is 7.99. The molecule has 2 aliphatic heterocycles. The van der Waals surface area contributed by atoms with E-state index in [0.717, 1.165) is 11.5 Å². The first-order valence-electron chi connectivity index (χ1n) is 10.3. The van der Waals surface area contributed by atoms with Crippen LogP contribution in [0.1, 0.15) is 28.8 Å². The number of hydrogen-bond donors (Lipinski definition) is 0. The lowest BCUT2D eigenvalue weighted by Gasteiger charge is -2.31. The van der Waals surface area contributed by atoms with Crippen molar-refractivity contribution in [2.75, 3.05) is 11.5 Å². The van der Waals surface area contributed by atoms with Gasteiger partial charge in [-0.3, -0.25) is 14.8 Å². The fraction of sp³-hybridized carbons (Fsp3) is 0.261. The van der Waals surface area contributed by atoms with E-state index in [1.165, 1.54) is 24.8 Å². The SMILES string of the molecule is O=C(Cc1c(Cl)cncc1Cl)c1ccc(Oc2c(Cl)cncc2Cl)c2c1OC1(CCSCC1)O2. The van der Waals surface area contributed by atoms with Crippen LogP contribution in [0.2, 0.25) is 20.1 Å². The first-order valence-corrected chi connectivity index (χ1v) is 12.9. The van der Waals surface area contributed by atoms with Crippen molar-refractivity contribution in [2.24, 2.45) is 0 Å². The zero-order chi connectivity index (χ0) is 23.9. The predicted octanol–water partition coefficient (Wildman–Crippen LogP) is 7.30. The number of rotatable bonds is 5. The van der Waals surface area contributed by atoms with Crippen LogP contribution in [0.4, 0.5) is 0 Å². The van der Waals surface area contributed by atoms with Crippen LogP contribution in [0.25, 0.3) is 0 Å². The van der Waals surface area contributed by atoms with Crippen LogP contribution in [0.15, 0.2) is 36.9 Å². The second kappa shape index (κ2) is 9.63. The highest BCUT2D eigenvalue weighted by Gasteiger charge is 2.46. The molecule has 1 fully saturated rings. The van der Waals surface area contributed by atoms with Gasteiger partial charge in [0, 0.05) is 61.1 Å². The van der Waals surface area contributed by atoms with E-state index >= 15 is 0 Å². The molecule has 0 N–H and O–H groups in total. The van der Waals surface area contributed by atoms with Crippen molar-refractivity contribution in [1.29, 1.82) is 0 Å². The van der Waals surface area contributed by atoms with Gasteiger partial charge < -0.3 is 14.2 Å². The molecule has 3 aromatic rings. The van der Waals surface area contributed by atoms with Crippen molar-refractivity contribution in [3.8, 4) is 23.0 Å². The number of halogens is 4. The minimum atomic E-state index is -0.861. The fourth-order valence-electron chi connectivity index (χ4n) is 3.79. The van der Waals surface area contributed by atoms with Crippen molar-refractivity contribution in [2.45, 2.75) is 25.0 Å². The van der Waals surface area contributed by atoms with E-state index in [0.29, 0.717) is 51.3 Å². The highest BCUT2D eigenvalue weighted by atomic mass is 35.5. The number of ether oxygens (including phenoxy) is 3. The number of Topliss-reactive ketones (excluding diaryl/α,β-unsaturated/α-hetero) is 1. The second-order valence-corrected chi connectivity index (χ2v) is 10.6. The molecule has 11 heteroatoms. The van der Waals surface area contributed by atoms with Gasteiger partial charge in [0.25, 0.3) is 5.79 Å².